The maximum atomic E-state index is 13.7. The molecule has 0 spiro atoms. The van der Waals surface area contributed by atoms with Crippen LogP contribution in [0.4, 0.5) is 4.39 Å². The van der Waals surface area contributed by atoms with Crippen LogP contribution in [0.2, 0.25) is 0 Å². The van der Waals surface area contributed by atoms with E-state index >= 15 is 0 Å². The molecule has 0 radical (unpaired) electrons. The maximum Gasteiger partial charge on any atom is 0.338 e. The number of hydrogen-bond donors (Lipinski definition) is 1. The minimum absolute atomic E-state index is 0.297. The van der Waals surface area contributed by atoms with Gasteiger partial charge >= 0.3 is 5.97 Å². The Morgan fingerprint density at radius 2 is 2.33 bits per heavy atom. The first kappa shape index (κ1) is 10.0. The number of benzene rings is 1. The van der Waals surface area contributed by atoms with Crippen LogP contribution in [0, 0.1) is 5.82 Å². The molecule has 1 heterocycles. The van der Waals surface area contributed by atoms with Gasteiger partial charge in [-0.1, -0.05) is 6.92 Å². The van der Waals surface area contributed by atoms with Gasteiger partial charge in [-0.15, -0.1) is 11.3 Å². The van der Waals surface area contributed by atoms with Gasteiger partial charge in [-0.05, 0) is 18.6 Å². The van der Waals surface area contributed by atoms with Crippen molar-refractivity contribution in [2.75, 3.05) is 0 Å². The fourth-order valence-corrected chi connectivity index (χ4v) is 2.26. The summed E-state index contributed by atoms with van der Waals surface area (Å²) in [5.41, 5.74) is 0.230. The number of aryl methyl sites for hydroxylation is 1. The van der Waals surface area contributed by atoms with Gasteiger partial charge in [0.1, 0.15) is 0 Å². The summed E-state index contributed by atoms with van der Waals surface area (Å²) in [4.78, 5) is 14.9. The Bertz CT molecular complexity index is 535. The molecule has 2 rings (SSSR count). The van der Waals surface area contributed by atoms with Crippen molar-refractivity contribution in [3.63, 3.8) is 0 Å². The fourth-order valence-electron chi connectivity index (χ4n) is 1.32. The van der Waals surface area contributed by atoms with Crippen molar-refractivity contribution in [3.8, 4) is 0 Å². The molecule has 15 heavy (non-hydrogen) atoms. The average molecular weight is 225 g/mol. The van der Waals surface area contributed by atoms with Crippen LogP contribution < -0.4 is 0 Å². The topological polar surface area (TPSA) is 50.2 Å². The van der Waals surface area contributed by atoms with E-state index in [-0.39, 0.29) is 5.56 Å². The van der Waals surface area contributed by atoms with Crippen molar-refractivity contribution in [2.45, 2.75) is 13.3 Å². The number of hydrogen-bond acceptors (Lipinski definition) is 3. The molecule has 0 bridgehead atoms. The van der Waals surface area contributed by atoms with E-state index in [1.807, 2.05) is 6.92 Å². The Morgan fingerprint density at radius 1 is 1.60 bits per heavy atom. The number of carbonyl (C=O) groups is 1. The molecule has 78 valence electrons. The summed E-state index contributed by atoms with van der Waals surface area (Å²) < 4.78 is 14.0. The highest BCUT2D eigenvalue weighted by Gasteiger charge is 2.15. The SMILES string of the molecule is CCc1nc2ccc(C(=O)O)c(F)c2s1. The summed E-state index contributed by atoms with van der Waals surface area (Å²) in [6.45, 7) is 1.92. The number of aromatic carboxylic acids is 1. The lowest BCUT2D eigenvalue weighted by Gasteiger charge is -1.96. The molecule has 0 unspecified atom stereocenters. The molecule has 0 amide bonds. The molecule has 1 aromatic heterocycles. The number of fused-ring (bicyclic) bond motifs is 1. The number of nitrogens with zero attached hydrogens (tertiary/aromatic N) is 1. The second-order valence-corrected chi connectivity index (χ2v) is 4.13. The van der Waals surface area contributed by atoms with E-state index in [1.54, 1.807) is 0 Å². The summed E-state index contributed by atoms with van der Waals surface area (Å²) in [6, 6.07) is 2.79. The zero-order chi connectivity index (χ0) is 11.0. The lowest BCUT2D eigenvalue weighted by Crippen LogP contribution is -1.99. The molecular weight excluding hydrogens is 217 g/mol. The third-order valence-electron chi connectivity index (χ3n) is 2.07. The van der Waals surface area contributed by atoms with Crippen LogP contribution in [0.3, 0.4) is 0 Å². The quantitative estimate of drug-likeness (QED) is 0.854. The van der Waals surface area contributed by atoms with Gasteiger partial charge in [-0.25, -0.2) is 14.2 Å². The molecule has 1 aromatic carbocycles. The van der Waals surface area contributed by atoms with E-state index in [2.05, 4.69) is 4.98 Å². The van der Waals surface area contributed by atoms with Crippen LogP contribution >= 0.6 is 11.3 Å². The molecule has 5 heteroatoms. The van der Waals surface area contributed by atoms with Gasteiger partial charge < -0.3 is 5.11 Å². The summed E-state index contributed by atoms with van der Waals surface area (Å²) in [7, 11) is 0. The number of aromatic nitrogens is 1. The van der Waals surface area contributed by atoms with E-state index in [1.165, 1.54) is 23.5 Å². The van der Waals surface area contributed by atoms with Crippen molar-refractivity contribution in [1.29, 1.82) is 0 Å². The van der Waals surface area contributed by atoms with E-state index in [9.17, 15) is 9.18 Å². The van der Waals surface area contributed by atoms with Crippen LogP contribution in [-0.2, 0) is 6.42 Å². The Balaban J connectivity index is 2.72. The van der Waals surface area contributed by atoms with Gasteiger partial charge in [0.15, 0.2) is 5.82 Å². The van der Waals surface area contributed by atoms with Crippen LogP contribution in [0.5, 0.6) is 0 Å². The molecule has 0 fully saturated rings. The van der Waals surface area contributed by atoms with Gasteiger partial charge in [-0.3, -0.25) is 0 Å². The molecule has 0 saturated heterocycles. The Kier molecular flexibility index (Phi) is 2.40. The van der Waals surface area contributed by atoms with Crippen molar-refractivity contribution in [2.24, 2.45) is 0 Å². The van der Waals surface area contributed by atoms with E-state index < -0.39 is 11.8 Å². The zero-order valence-corrected chi connectivity index (χ0v) is 8.77. The second kappa shape index (κ2) is 3.58. The normalized spacial score (nSPS) is 10.8. The number of thiazole rings is 1. The number of rotatable bonds is 2. The van der Waals surface area contributed by atoms with Gasteiger partial charge in [0.25, 0.3) is 0 Å². The summed E-state index contributed by atoms with van der Waals surface area (Å²) in [5.74, 6) is -1.93. The van der Waals surface area contributed by atoms with E-state index in [4.69, 9.17) is 5.11 Å². The number of carboxylic acids is 1. The average Bonchev–Trinajstić information content (AvgIpc) is 2.61. The molecule has 2 aromatic rings. The summed E-state index contributed by atoms with van der Waals surface area (Å²) >= 11 is 1.21. The molecule has 0 atom stereocenters. The second-order valence-electron chi connectivity index (χ2n) is 3.04. The highest BCUT2D eigenvalue weighted by molar-refractivity contribution is 7.18. The maximum absolute atomic E-state index is 13.7. The largest absolute Gasteiger partial charge is 0.478 e. The highest BCUT2D eigenvalue weighted by atomic mass is 32.1. The first-order valence-electron chi connectivity index (χ1n) is 4.44. The lowest BCUT2D eigenvalue weighted by atomic mass is 10.2. The van der Waals surface area contributed by atoms with Gasteiger partial charge in [0.2, 0.25) is 0 Å². The van der Waals surface area contributed by atoms with Gasteiger partial charge in [0, 0.05) is 0 Å². The van der Waals surface area contributed by atoms with Crippen LogP contribution in [0.1, 0.15) is 22.3 Å². The minimum atomic E-state index is -1.25. The molecule has 0 aliphatic heterocycles. The van der Waals surface area contributed by atoms with E-state index in [0.717, 1.165) is 11.4 Å². The first-order valence-corrected chi connectivity index (χ1v) is 5.26. The third kappa shape index (κ3) is 1.59. The zero-order valence-electron chi connectivity index (χ0n) is 7.95. The Hall–Kier alpha value is -1.49. The highest BCUT2D eigenvalue weighted by Crippen LogP contribution is 2.27. The standard InChI is InChI=1S/C10H8FNO2S/c1-2-7-12-6-4-3-5(10(13)14)8(11)9(6)15-7/h3-4H,2H2,1H3,(H,13,14). The van der Waals surface area contributed by atoms with Crippen molar-refractivity contribution in [1.82, 2.24) is 4.98 Å². The van der Waals surface area contributed by atoms with Crippen LogP contribution in [0.25, 0.3) is 10.2 Å². The van der Waals surface area contributed by atoms with Crippen molar-refractivity contribution >= 4 is 27.5 Å². The van der Waals surface area contributed by atoms with Crippen molar-refractivity contribution < 1.29 is 14.3 Å². The predicted molar refractivity (Wildman–Crippen MR) is 55.9 cm³/mol. The first-order chi connectivity index (χ1) is 7.13. The molecule has 3 nitrogen and oxygen atoms in total. The Morgan fingerprint density at radius 3 is 2.93 bits per heavy atom. The fraction of sp³-hybridized carbons (Fsp3) is 0.200. The minimum Gasteiger partial charge on any atom is -0.478 e. The summed E-state index contributed by atoms with van der Waals surface area (Å²) in [6.07, 6.45) is 0.723. The molecular formula is C10H8FNO2S. The van der Waals surface area contributed by atoms with Crippen LogP contribution in [-0.4, -0.2) is 16.1 Å². The number of carboxylic acid groups (broad SMARTS) is 1. The molecule has 0 aliphatic carbocycles. The summed E-state index contributed by atoms with van der Waals surface area (Å²) in [5, 5.41) is 9.54. The van der Waals surface area contributed by atoms with E-state index in [0.29, 0.717) is 10.2 Å². The van der Waals surface area contributed by atoms with Gasteiger partial charge in [-0.2, -0.15) is 0 Å². The van der Waals surface area contributed by atoms with Crippen molar-refractivity contribution in [3.05, 3.63) is 28.5 Å². The van der Waals surface area contributed by atoms with Crippen LogP contribution in [0.15, 0.2) is 12.1 Å². The molecule has 1 N–H and O–H groups in total. The Labute approximate surface area is 89.2 Å². The number of halogens is 1. The van der Waals surface area contributed by atoms with Gasteiger partial charge in [0.05, 0.1) is 20.8 Å². The monoisotopic (exact) mass is 225 g/mol. The molecule has 0 saturated carbocycles. The smallest absolute Gasteiger partial charge is 0.338 e. The lowest BCUT2D eigenvalue weighted by molar-refractivity contribution is 0.0692. The predicted octanol–water partition coefficient (Wildman–Crippen LogP) is 2.70. The molecule has 0 aliphatic rings. The third-order valence-corrected chi connectivity index (χ3v) is 3.28.